The summed E-state index contributed by atoms with van der Waals surface area (Å²) in [5, 5.41) is 19.1. The van der Waals surface area contributed by atoms with Gasteiger partial charge in [-0.1, -0.05) is 43.2 Å². The van der Waals surface area contributed by atoms with Gasteiger partial charge in [0.05, 0.1) is 12.1 Å². The monoisotopic (exact) mass is 306 g/mol. The molecule has 23 heavy (non-hydrogen) atoms. The highest BCUT2D eigenvalue weighted by Crippen LogP contribution is 2.63. The molecule has 0 aromatic heterocycles. The number of fused-ring (bicyclic) bond motifs is 1. The number of hydrogen-bond donors (Lipinski definition) is 0. The van der Waals surface area contributed by atoms with E-state index in [1.165, 1.54) is 5.56 Å². The predicted octanol–water partition coefficient (Wildman–Crippen LogP) is 4.22. The molecule has 4 atom stereocenters. The molecule has 3 nitrogen and oxygen atoms in total. The summed E-state index contributed by atoms with van der Waals surface area (Å²) in [6.07, 6.45) is 4.80. The lowest BCUT2D eigenvalue weighted by atomic mass is 9.60. The van der Waals surface area contributed by atoms with Crippen LogP contribution in [0.2, 0.25) is 0 Å². The summed E-state index contributed by atoms with van der Waals surface area (Å²) in [7, 11) is 0. The van der Waals surface area contributed by atoms with Gasteiger partial charge in [-0.15, -0.1) is 0 Å². The molecule has 1 unspecified atom stereocenters. The van der Waals surface area contributed by atoms with Crippen LogP contribution in [0.3, 0.4) is 0 Å². The molecule has 3 heteroatoms. The molecule has 2 aliphatic rings. The van der Waals surface area contributed by atoms with Gasteiger partial charge in [-0.3, -0.25) is 4.79 Å². The molecule has 0 radical (unpaired) electrons. The summed E-state index contributed by atoms with van der Waals surface area (Å²) in [5.41, 5.74) is 0.884. The standard InChI is InChI=1S/C20H22N2O/c1-14(23)17-11-20(16(12-21)13-22)10-6-5-9-18(20)19(17)15-7-3-2-4-8-15/h2-4,7-8,16-19H,5-6,9-11H2,1H3/t17-,18?,19-,20-/m0/s1. The van der Waals surface area contributed by atoms with E-state index < -0.39 is 5.92 Å². The minimum absolute atomic E-state index is 0.0651. The zero-order valence-corrected chi connectivity index (χ0v) is 13.5. The fourth-order valence-electron chi connectivity index (χ4n) is 5.20. The van der Waals surface area contributed by atoms with E-state index in [0.717, 1.165) is 25.7 Å². The molecule has 2 saturated carbocycles. The summed E-state index contributed by atoms with van der Waals surface area (Å²) < 4.78 is 0. The molecule has 0 N–H and O–H groups in total. The number of carbonyl (C=O) groups is 1. The topological polar surface area (TPSA) is 64.7 Å². The Morgan fingerprint density at radius 2 is 1.91 bits per heavy atom. The maximum atomic E-state index is 12.3. The zero-order chi connectivity index (χ0) is 16.4. The molecule has 0 aliphatic heterocycles. The van der Waals surface area contributed by atoms with Crippen LogP contribution in [0, 0.1) is 45.8 Å². The number of hydrogen-bond acceptors (Lipinski definition) is 3. The van der Waals surface area contributed by atoms with Crippen molar-refractivity contribution < 1.29 is 4.79 Å². The molecule has 0 saturated heterocycles. The molecular formula is C20H22N2O. The second-order valence-corrected chi connectivity index (χ2v) is 7.13. The van der Waals surface area contributed by atoms with Crippen LogP contribution in [0.4, 0.5) is 0 Å². The van der Waals surface area contributed by atoms with E-state index in [-0.39, 0.29) is 29.0 Å². The van der Waals surface area contributed by atoms with E-state index in [4.69, 9.17) is 0 Å². The summed E-state index contributed by atoms with van der Waals surface area (Å²) in [6.45, 7) is 1.67. The lowest BCUT2D eigenvalue weighted by molar-refractivity contribution is -0.121. The Kier molecular flexibility index (Phi) is 4.22. The first-order chi connectivity index (χ1) is 11.1. The largest absolute Gasteiger partial charge is 0.300 e. The van der Waals surface area contributed by atoms with Gasteiger partial charge in [0.2, 0.25) is 0 Å². The van der Waals surface area contributed by atoms with Crippen LogP contribution >= 0.6 is 0 Å². The molecule has 118 valence electrons. The van der Waals surface area contributed by atoms with E-state index in [1.54, 1.807) is 6.92 Å². The Morgan fingerprint density at radius 1 is 1.22 bits per heavy atom. The average molecular weight is 306 g/mol. The quantitative estimate of drug-likeness (QED) is 0.839. The maximum absolute atomic E-state index is 12.3. The van der Waals surface area contributed by atoms with Gasteiger partial charge in [-0.2, -0.15) is 10.5 Å². The highest BCUT2D eigenvalue weighted by Gasteiger charge is 2.59. The van der Waals surface area contributed by atoms with Crippen molar-refractivity contribution in [3.63, 3.8) is 0 Å². The first kappa shape index (κ1) is 15.8. The molecular weight excluding hydrogens is 284 g/mol. The van der Waals surface area contributed by atoms with Gasteiger partial charge in [-0.05, 0) is 43.6 Å². The Bertz CT molecular complexity index is 655. The molecule has 1 aromatic rings. The van der Waals surface area contributed by atoms with E-state index in [2.05, 4.69) is 24.3 Å². The van der Waals surface area contributed by atoms with E-state index in [9.17, 15) is 15.3 Å². The van der Waals surface area contributed by atoms with Crippen molar-refractivity contribution in [1.29, 1.82) is 10.5 Å². The third kappa shape index (κ3) is 2.45. The number of carbonyl (C=O) groups excluding carboxylic acids is 1. The van der Waals surface area contributed by atoms with Crippen molar-refractivity contribution in [2.75, 3.05) is 0 Å². The fraction of sp³-hybridized carbons (Fsp3) is 0.550. The van der Waals surface area contributed by atoms with Crippen molar-refractivity contribution in [1.82, 2.24) is 0 Å². The summed E-state index contributed by atoms with van der Waals surface area (Å²) in [4.78, 5) is 12.3. The van der Waals surface area contributed by atoms with Crippen molar-refractivity contribution in [3.8, 4) is 12.1 Å². The number of ketones is 1. The van der Waals surface area contributed by atoms with Gasteiger partial charge in [0.15, 0.2) is 0 Å². The third-order valence-corrected chi connectivity index (χ3v) is 6.15. The first-order valence-corrected chi connectivity index (χ1v) is 8.48. The Morgan fingerprint density at radius 3 is 2.52 bits per heavy atom. The van der Waals surface area contributed by atoms with Crippen LogP contribution in [-0.2, 0) is 4.79 Å². The number of rotatable bonds is 3. The molecule has 0 bridgehead atoms. The Labute approximate surface area is 137 Å². The lowest BCUT2D eigenvalue weighted by Gasteiger charge is -2.42. The number of nitrogens with zero attached hydrogens (tertiary/aromatic N) is 2. The van der Waals surface area contributed by atoms with Crippen LogP contribution in [0.15, 0.2) is 30.3 Å². The molecule has 3 rings (SSSR count). The van der Waals surface area contributed by atoms with Gasteiger partial charge in [0.25, 0.3) is 0 Å². The highest BCUT2D eigenvalue weighted by molar-refractivity contribution is 5.80. The summed E-state index contributed by atoms with van der Waals surface area (Å²) in [5.74, 6) is -0.0645. The van der Waals surface area contributed by atoms with E-state index in [1.807, 2.05) is 18.2 Å². The summed E-state index contributed by atoms with van der Waals surface area (Å²) in [6, 6.07) is 14.7. The van der Waals surface area contributed by atoms with Crippen LogP contribution in [0.1, 0.15) is 50.5 Å². The van der Waals surface area contributed by atoms with Gasteiger partial charge < -0.3 is 0 Å². The second kappa shape index (κ2) is 6.17. The molecule has 0 heterocycles. The van der Waals surface area contributed by atoms with Crippen molar-refractivity contribution in [2.45, 2.75) is 44.9 Å². The normalized spacial score (nSPS) is 32.8. The SMILES string of the molecule is CC(=O)[C@@H]1C[C@]2(C(C#N)C#N)CCCCC2[C@H]1c1ccccc1. The van der Waals surface area contributed by atoms with Crippen molar-refractivity contribution in [3.05, 3.63) is 35.9 Å². The minimum Gasteiger partial charge on any atom is -0.300 e. The lowest BCUT2D eigenvalue weighted by Crippen LogP contribution is -2.37. The van der Waals surface area contributed by atoms with Crippen LogP contribution in [0.5, 0.6) is 0 Å². The smallest absolute Gasteiger partial charge is 0.139 e. The molecule has 0 spiro atoms. The fourth-order valence-corrected chi connectivity index (χ4v) is 5.20. The number of benzene rings is 1. The van der Waals surface area contributed by atoms with Gasteiger partial charge >= 0.3 is 0 Å². The van der Waals surface area contributed by atoms with E-state index >= 15 is 0 Å². The van der Waals surface area contributed by atoms with Crippen LogP contribution in [-0.4, -0.2) is 5.78 Å². The number of nitriles is 2. The van der Waals surface area contributed by atoms with E-state index in [0.29, 0.717) is 6.42 Å². The highest BCUT2D eigenvalue weighted by atomic mass is 16.1. The molecule has 1 aromatic carbocycles. The molecule has 2 fully saturated rings. The Hall–Kier alpha value is -2.13. The van der Waals surface area contributed by atoms with Gasteiger partial charge in [0.1, 0.15) is 11.7 Å². The zero-order valence-electron chi connectivity index (χ0n) is 13.5. The van der Waals surface area contributed by atoms with Crippen LogP contribution < -0.4 is 0 Å². The second-order valence-electron chi connectivity index (χ2n) is 7.13. The summed E-state index contributed by atoms with van der Waals surface area (Å²) >= 11 is 0. The first-order valence-electron chi connectivity index (χ1n) is 8.48. The maximum Gasteiger partial charge on any atom is 0.139 e. The molecule has 0 amide bonds. The molecule has 2 aliphatic carbocycles. The van der Waals surface area contributed by atoms with Crippen LogP contribution in [0.25, 0.3) is 0 Å². The van der Waals surface area contributed by atoms with Gasteiger partial charge in [0, 0.05) is 11.3 Å². The van der Waals surface area contributed by atoms with Crippen molar-refractivity contribution in [2.24, 2.45) is 23.2 Å². The number of Topliss-reactive ketones (excluding diaryl/α,β-unsaturated/α-hetero) is 1. The third-order valence-electron chi connectivity index (χ3n) is 6.15. The minimum atomic E-state index is -0.608. The average Bonchev–Trinajstić information content (AvgIpc) is 2.93. The Balaban J connectivity index is 2.10. The van der Waals surface area contributed by atoms with Gasteiger partial charge in [-0.25, -0.2) is 0 Å². The van der Waals surface area contributed by atoms with Crippen molar-refractivity contribution >= 4 is 5.78 Å². The predicted molar refractivity (Wildman–Crippen MR) is 87.1 cm³/mol.